The van der Waals surface area contributed by atoms with Crippen LogP contribution in [0.15, 0.2) is 12.2 Å². The Bertz CT molecular complexity index is 241. The standard InChI is InChI=1S/C9H17.C8H15O.Y/c1-5-6-7-8-9(2,3)4;1-5-6-7(9)8(2,3)4;/h7-8H,1,5-6H2,2-4H3;1,5-6H2,2-4H3;/q2*-1;/b8-7+;;. The number of carbonyl (C=O) groups excluding carboxylic acids is 1. The van der Waals surface area contributed by atoms with Gasteiger partial charge in [0.05, 0.1) is 0 Å². The Morgan fingerprint density at radius 3 is 1.68 bits per heavy atom. The van der Waals surface area contributed by atoms with Crippen LogP contribution in [-0.4, -0.2) is 5.78 Å². The fraction of sp³-hybridized carbons (Fsp3) is 0.706. The van der Waals surface area contributed by atoms with E-state index in [0.717, 1.165) is 19.3 Å². The van der Waals surface area contributed by atoms with Gasteiger partial charge in [-0.05, 0) is 11.8 Å². The number of hydrogen-bond donors (Lipinski definition) is 0. The zero-order chi connectivity index (χ0) is 14.8. The van der Waals surface area contributed by atoms with Gasteiger partial charge in [-0.3, -0.25) is 4.79 Å². The van der Waals surface area contributed by atoms with Gasteiger partial charge in [0.15, 0.2) is 0 Å². The molecule has 0 bridgehead atoms. The van der Waals surface area contributed by atoms with Crippen molar-refractivity contribution < 1.29 is 37.5 Å². The van der Waals surface area contributed by atoms with Gasteiger partial charge >= 0.3 is 0 Å². The molecule has 0 saturated carbocycles. The summed E-state index contributed by atoms with van der Waals surface area (Å²) in [5.41, 5.74) is 0.173. The molecule has 0 spiro atoms. The molecule has 0 aliphatic carbocycles. The third kappa shape index (κ3) is 21.0. The molecule has 0 heterocycles. The second kappa shape index (κ2) is 12.3. The zero-order valence-electron chi connectivity index (χ0n) is 13.9. The van der Waals surface area contributed by atoms with Crippen LogP contribution in [0, 0.1) is 24.7 Å². The van der Waals surface area contributed by atoms with E-state index in [-0.39, 0.29) is 38.1 Å². The number of Topliss-reactive ketones (excluding diaryl/α,β-unsaturated/α-hetero) is 1. The maximum absolute atomic E-state index is 11.0. The maximum atomic E-state index is 11.0. The first-order valence-electron chi connectivity index (χ1n) is 6.84. The molecule has 0 aromatic rings. The molecule has 1 nitrogen and oxygen atoms in total. The predicted molar refractivity (Wildman–Crippen MR) is 82.2 cm³/mol. The summed E-state index contributed by atoms with van der Waals surface area (Å²) in [5, 5.41) is 0. The van der Waals surface area contributed by atoms with Gasteiger partial charge in [-0.2, -0.15) is 12.8 Å². The molecule has 0 N–H and O–H groups in total. The number of allylic oxidation sites excluding steroid dienone is 2. The first-order valence-corrected chi connectivity index (χ1v) is 6.84. The summed E-state index contributed by atoms with van der Waals surface area (Å²) in [5.74, 6) is 0.303. The van der Waals surface area contributed by atoms with E-state index in [1.807, 2.05) is 20.8 Å². The van der Waals surface area contributed by atoms with Crippen LogP contribution in [0.25, 0.3) is 0 Å². The van der Waals surface area contributed by atoms with E-state index in [4.69, 9.17) is 0 Å². The molecule has 0 amide bonds. The fourth-order valence-corrected chi connectivity index (χ4v) is 1.09. The summed E-state index contributed by atoms with van der Waals surface area (Å²) in [7, 11) is 0. The number of ketones is 1. The second-order valence-electron chi connectivity index (χ2n) is 6.69. The minimum Gasteiger partial charge on any atom is -0.343 e. The van der Waals surface area contributed by atoms with Crippen LogP contribution < -0.4 is 0 Å². The molecule has 1 radical (unpaired) electrons. The van der Waals surface area contributed by atoms with Gasteiger partial charge in [0.1, 0.15) is 5.78 Å². The molecular formula is C17H32OY-2. The monoisotopic (exact) mass is 341 g/mol. The number of unbranched alkanes of at least 4 members (excludes halogenated alkanes) is 1. The zero-order valence-corrected chi connectivity index (χ0v) is 16.7. The van der Waals surface area contributed by atoms with E-state index >= 15 is 0 Å². The minimum absolute atomic E-state index is 0. The Kier molecular flexibility index (Phi) is 15.8. The molecule has 19 heavy (non-hydrogen) atoms. The summed E-state index contributed by atoms with van der Waals surface area (Å²) >= 11 is 0. The molecule has 0 aliphatic heterocycles. The van der Waals surface area contributed by atoms with Crippen molar-refractivity contribution in [3.8, 4) is 0 Å². The molecule has 0 aliphatic rings. The number of rotatable bonds is 4. The Morgan fingerprint density at radius 2 is 1.47 bits per heavy atom. The van der Waals surface area contributed by atoms with Gasteiger partial charge in [0, 0.05) is 38.1 Å². The van der Waals surface area contributed by atoms with Crippen molar-refractivity contribution in [1.82, 2.24) is 0 Å². The van der Waals surface area contributed by atoms with Crippen LogP contribution in [0.4, 0.5) is 0 Å². The Labute approximate surface area is 146 Å². The second-order valence-corrected chi connectivity index (χ2v) is 6.69. The molecule has 0 atom stereocenters. The van der Waals surface area contributed by atoms with Crippen molar-refractivity contribution in [2.45, 2.75) is 67.2 Å². The first kappa shape index (κ1) is 24.5. The summed E-state index contributed by atoms with van der Waals surface area (Å²) in [6, 6.07) is 0. The van der Waals surface area contributed by atoms with Crippen LogP contribution in [0.5, 0.6) is 0 Å². The average Bonchev–Trinajstić information content (AvgIpc) is 2.16. The van der Waals surface area contributed by atoms with E-state index in [1.54, 1.807) is 0 Å². The topological polar surface area (TPSA) is 17.1 Å². The summed E-state index contributed by atoms with van der Waals surface area (Å²) in [4.78, 5) is 11.0. The third-order valence-electron chi connectivity index (χ3n) is 2.23. The summed E-state index contributed by atoms with van der Waals surface area (Å²) < 4.78 is 0. The van der Waals surface area contributed by atoms with E-state index in [1.165, 1.54) is 0 Å². The Balaban J connectivity index is -0.000000256. The van der Waals surface area contributed by atoms with E-state index < -0.39 is 0 Å². The van der Waals surface area contributed by atoms with Crippen LogP contribution in [-0.2, 0) is 37.5 Å². The largest absolute Gasteiger partial charge is 0.343 e. The molecule has 0 aromatic carbocycles. The molecule has 0 rings (SSSR count). The third-order valence-corrected chi connectivity index (χ3v) is 2.23. The van der Waals surface area contributed by atoms with Gasteiger partial charge in [0.25, 0.3) is 0 Å². The van der Waals surface area contributed by atoms with Gasteiger partial charge in [-0.15, -0.1) is 0 Å². The molecule has 0 unspecified atom stereocenters. The van der Waals surface area contributed by atoms with Crippen LogP contribution in [0.1, 0.15) is 67.2 Å². The molecule has 111 valence electrons. The first-order chi connectivity index (χ1) is 8.04. The molecule has 0 aromatic heterocycles. The minimum atomic E-state index is -0.169. The van der Waals surface area contributed by atoms with Crippen molar-refractivity contribution in [2.24, 2.45) is 10.8 Å². The van der Waals surface area contributed by atoms with Crippen LogP contribution in [0.2, 0.25) is 0 Å². The van der Waals surface area contributed by atoms with E-state index in [2.05, 4.69) is 46.8 Å². The molecule has 2 heteroatoms. The maximum Gasteiger partial charge on any atom is 0.135 e. The Hall–Kier alpha value is 0.514. The average molecular weight is 341 g/mol. The van der Waals surface area contributed by atoms with Crippen molar-refractivity contribution >= 4 is 5.78 Å². The van der Waals surface area contributed by atoms with Crippen LogP contribution in [0.3, 0.4) is 0 Å². The smallest absolute Gasteiger partial charge is 0.135 e. The van der Waals surface area contributed by atoms with Gasteiger partial charge in [0.2, 0.25) is 0 Å². The van der Waals surface area contributed by atoms with Crippen molar-refractivity contribution in [2.75, 3.05) is 0 Å². The quantitative estimate of drug-likeness (QED) is 0.493. The van der Waals surface area contributed by atoms with Gasteiger partial charge in [-0.25, -0.2) is 0 Å². The van der Waals surface area contributed by atoms with Crippen molar-refractivity contribution in [3.63, 3.8) is 0 Å². The predicted octanol–water partition coefficient (Wildman–Crippen LogP) is 5.42. The normalized spacial score (nSPS) is 11.6. The number of hydrogen-bond acceptors (Lipinski definition) is 1. The fourth-order valence-electron chi connectivity index (χ4n) is 1.09. The van der Waals surface area contributed by atoms with E-state index in [0.29, 0.717) is 17.6 Å². The van der Waals surface area contributed by atoms with Crippen molar-refractivity contribution in [3.05, 3.63) is 26.0 Å². The SMILES string of the molecule is [CH2-]CC/C=C/C(C)(C)C.[CH2-]CCC(=O)C(C)(C)C.[Y]. The molecular weight excluding hydrogens is 309 g/mol. The van der Waals surface area contributed by atoms with Crippen LogP contribution >= 0.6 is 0 Å². The van der Waals surface area contributed by atoms with Gasteiger partial charge in [-0.1, -0.05) is 60.1 Å². The van der Waals surface area contributed by atoms with Gasteiger partial charge < -0.3 is 13.8 Å². The van der Waals surface area contributed by atoms with E-state index in [9.17, 15) is 4.79 Å². The molecule has 0 fully saturated rings. The van der Waals surface area contributed by atoms with Crippen molar-refractivity contribution in [1.29, 1.82) is 0 Å². The summed E-state index contributed by atoms with van der Waals surface area (Å²) in [6.07, 6.45) is 7.88. The number of carbonyl (C=O) groups is 1. The molecule has 0 saturated heterocycles. The summed E-state index contributed by atoms with van der Waals surface area (Å²) in [6.45, 7) is 19.8. The Morgan fingerprint density at radius 1 is 1.00 bits per heavy atom.